The van der Waals surface area contributed by atoms with Gasteiger partial charge in [0.05, 0.1) is 24.3 Å². The molecule has 0 bridgehead atoms. The number of para-hydroxylation sites is 1. The fourth-order valence-corrected chi connectivity index (χ4v) is 3.53. The third-order valence-corrected chi connectivity index (χ3v) is 4.72. The number of nitrogens with two attached hydrogens (primary N) is 1. The number of hydrogen-bond acceptors (Lipinski definition) is 5. The van der Waals surface area contributed by atoms with Gasteiger partial charge < -0.3 is 25.2 Å². The summed E-state index contributed by atoms with van der Waals surface area (Å²) in [5.41, 5.74) is 5.57. The topological polar surface area (TPSA) is 102 Å². The third-order valence-electron chi connectivity index (χ3n) is 4.72. The minimum absolute atomic E-state index is 0.0154. The van der Waals surface area contributed by atoms with E-state index in [1.807, 2.05) is 0 Å². The average Bonchev–Trinajstić information content (AvgIpc) is 3.03. The largest absolute Gasteiger partial charge is 0.483 e. The number of ether oxygens (including phenoxy) is 2. The van der Waals surface area contributed by atoms with E-state index in [1.165, 1.54) is 0 Å². The standard InChI is InChI=1S/C17H22N2O5/c18-17(22)12-3-1-2-4-14(12)24-10-16(21)19-5-6-23-15-8-11(9-20)7-13(15)19/h1-4,11,13,15,20H,5-10H2,(H2,18,22)/t11-,13+,15+/m1/s1. The van der Waals surface area contributed by atoms with E-state index < -0.39 is 5.91 Å². The van der Waals surface area contributed by atoms with Gasteiger partial charge in [0.1, 0.15) is 5.75 Å². The Morgan fingerprint density at radius 3 is 2.88 bits per heavy atom. The number of nitrogens with zero attached hydrogens (tertiary/aromatic N) is 1. The number of rotatable bonds is 5. The molecule has 0 unspecified atom stereocenters. The fourth-order valence-electron chi connectivity index (χ4n) is 3.53. The molecule has 1 heterocycles. The summed E-state index contributed by atoms with van der Waals surface area (Å²) in [4.78, 5) is 25.7. The molecular formula is C17H22N2O5. The van der Waals surface area contributed by atoms with Gasteiger partial charge in [-0.15, -0.1) is 0 Å². The number of fused-ring (bicyclic) bond motifs is 1. The van der Waals surface area contributed by atoms with Crippen molar-refractivity contribution in [1.29, 1.82) is 0 Å². The summed E-state index contributed by atoms with van der Waals surface area (Å²) in [7, 11) is 0. The van der Waals surface area contributed by atoms with Crippen molar-refractivity contribution in [3.8, 4) is 5.75 Å². The van der Waals surface area contributed by atoms with Crippen LogP contribution in [0, 0.1) is 5.92 Å². The smallest absolute Gasteiger partial charge is 0.260 e. The van der Waals surface area contributed by atoms with Crippen LogP contribution in [0.25, 0.3) is 0 Å². The van der Waals surface area contributed by atoms with Crippen molar-refractivity contribution in [1.82, 2.24) is 4.90 Å². The molecule has 1 aromatic rings. The normalized spacial score (nSPS) is 26.0. The molecule has 2 fully saturated rings. The Hall–Kier alpha value is -2.12. The maximum atomic E-state index is 12.6. The summed E-state index contributed by atoms with van der Waals surface area (Å²) in [5.74, 6) is -0.259. The van der Waals surface area contributed by atoms with Gasteiger partial charge in [-0.05, 0) is 30.9 Å². The molecule has 3 atom stereocenters. The number of carbonyl (C=O) groups excluding carboxylic acids is 2. The number of morpholine rings is 1. The van der Waals surface area contributed by atoms with Crippen LogP contribution in [0.5, 0.6) is 5.75 Å². The van der Waals surface area contributed by atoms with E-state index in [0.29, 0.717) is 18.9 Å². The van der Waals surface area contributed by atoms with Gasteiger partial charge in [-0.25, -0.2) is 0 Å². The first-order chi connectivity index (χ1) is 11.6. The van der Waals surface area contributed by atoms with Gasteiger partial charge in [-0.3, -0.25) is 9.59 Å². The zero-order chi connectivity index (χ0) is 17.1. The molecule has 7 nitrogen and oxygen atoms in total. The first-order valence-corrected chi connectivity index (χ1v) is 8.13. The zero-order valence-electron chi connectivity index (χ0n) is 13.4. The minimum Gasteiger partial charge on any atom is -0.483 e. The van der Waals surface area contributed by atoms with E-state index in [0.717, 1.165) is 12.8 Å². The van der Waals surface area contributed by atoms with Crippen LogP contribution < -0.4 is 10.5 Å². The molecule has 7 heteroatoms. The van der Waals surface area contributed by atoms with Crippen molar-refractivity contribution in [2.24, 2.45) is 11.7 Å². The number of primary amides is 1. The third kappa shape index (κ3) is 3.37. The van der Waals surface area contributed by atoms with Gasteiger partial charge in [0.15, 0.2) is 6.61 Å². The van der Waals surface area contributed by atoms with Crippen molar-refractivity contribution in [2.45, 2.75) is 25.0 Å². The number of hydrogen-bond donors (Lipinski definition) is 2. The molecule has 1 saturated heterocycles. The van der Waals surface area contributed by atoms with Crippen molar-refractivity contribution in [3.05, 3.63) is 29.8 Å². The molecule has 0 spiro atoms. The minimum atomic E-state index is -0.592. The highest BCUT2D eigenvalue weighted by molar-refractivity contribution is 5.95. The molecule has 1 saturated carbocycles. The maximum absolute atomic E-state index is 12.6. The lowest BCUT2D eigenvalue weighted by Crippen LogP contribution is -2.52. The van der Waals surface area contributed by atoms with Gasteiger partial charge in [-0.1, -0.05) is 12.1 Å². The molecular weight excluding hydrogens is 312 g/mol. The number of aliphatic hydroxyl groups excluding tert-OH is 1. The van der Waals surface area contributed by atoms with Crippen molar-refractivity contribution >= 4 is 11.8 Å². The lowest BCUT2D eigenvalue weighted by Gasteiger charge is -2.37. The van der Waals surface area contributed by atoms with Crippen LogP contribution in [0.1, 0.15) is 23.2 Å². The van der Waals surface area contributed by atoms with Crippen LogP contribution in [0.3, 0.4) is 0 Å². The number of amides is 2. The second kappa shape index (κ2) is 7.19. The van der Waals surface area contributed by atoms with E-state index in [9.17, 15) is 14.7 Å². The Kier molecular flexibility index (Phi) is 5.01. The van der Waals surface area contributed by atoms with E-state index in [2.05, 4.69) is 0 Å². The van der Waals surface area contributed by atoms with E-state index in [-0.39, 0.29) is 42.7 Å². The average molecular weight is 334 g/mol. The van der Waals surface area contributed by atoms with Crippen molar-refractivity contribution in [3.63, 3.8) is 0 Å². The van der Waals surface area contributed by atoms with Crippen molar-refractivity contribution in [2.75, 3.05) is 26.4 Å². The summed E-state index contributed by atoms with van der Waals surface area (Å²) in [6, 6.07) is 6.58. The molecule has 1 aromatic carbocycles. The van der Waals surface area contributed by atoms with Crippen LogP contribution in [0.2, 0.25) is 0 Å². The molecule has 2 amide bonds. The van der Waals surface area contributed by atoms with E-state index >= 15 is 0 Å². The number of benzene rings is 1. The molecule has 3 rings (SSSR count). The Balaban J connectivity index is 1.64. The second-order valence-corrected chi connectivity index (χ2v) is 6.23. The zero-order valence-corrected chi connectivity index (χ0v) is 13.4. The summed E-state index contributed by atoms with van der Waals surface area (Å²) >= 11 is 0. The first-order valence-electron chi connectivity index (χ1n) is 8.13. The van der Waals surface area contributed by atoms with Gasteiger partial charge >= 0.3 is 0 Å². The Bertz CT molecular complexity index is 621. The molecule has 2 aliphatic rings. The fraction of sp³-hybridized carbons (Fsp3) is 0.529. The molecule has 0 aromatic heterocycles. The van der Waals surface area contributed by atoms with Crippen molar-refractivity contribution < 1.29 is 24.2 Å². The van der Waals surface area contributed by atoms with Crippen LogP contribution >= 0.6 is 0 Å². The highest BCUT2D eigenvalue weighted by Crippen LogP contribution is 2.34. The summed E-state index contributed by atoms with van der Waals surface area (Å²) < 4.78 is 11.3. The lowest BCUT2D eigenvalue weighted by molar-refractivity contribution is -0.146. The quantitative estimate of drug-likeness (QED) is 0.799. The summed E-state index contributed by atoms with van der Waals surface area (Å²) in [6.07, 6.45) is 1.50. The van der Waals surface area contributed by atoms with Crippen LogP contribution in [-0.2, 0) is 9.53 Å². The Morgan fingerprint density at radius 2 is 2.12 bits per heavy atom. The highest BCUT2D eigenvalue weighted by atomic mass is 16.5. The molecule has 3 N–H and O–H groups in total. The maximum Gasteiger partial charge on any atom is 0.260 e. The molecule has 1 aliphatic carbocycles. The monoisotopic (exact) mass is 334 g/mol. The van der Waals surface area contributed by atoms with Crippen LogP contribution in [-0.4, -0.2) is 60.3 Å². The molecule has 130 valence electrons. The summed E-state index contributed by atoms with van der Waals surface area (Å²) in [5, 5.41) is 9.35. The Morgan fingerprint density at radius 1 is 1.33 bits per heavy atom. The Labute approximate surface area is 140 Å². The van der Waals surface area contributed by atoms with Gasteiger partial charge in [-0.2, -0.15) is 0 Å². The summed E-state index contributed by atoms with van der Waals surface area (Å²) in [6.45, 7) is 0.958. The molecule has 0 radical (unpaired) electrons. The van der Waals surface area contributed by atoms with Crippen LogP contribution in [0.4, 0.5) is 0 Å². The van der Waals surface area contributed by atoms with Gasteiger partial charge in [0.25, 0.3) is 11.8 Å². The molecule has 24 heavy (non-hydrogen) atoms. The van der Waals surface area contributed by atoms with E-state index in [4.69, 9.17) is 15.2 Å². The SMILES string of the molecule is NC(=O)c1ccccc1OCC(=O)N1CCO[C@H]2C[C@H](CO)C[C@@H]21. The van der Waals surface area contributed by atoms with Gasteiger partial charge in [0.2, 0.25) is 0 Å². The highest BCUT2D eigenvalue weighted by Gasteiger charge is 2.42. The predicted octanol–water partition coefficient (Wildman–Crippen LogP) is 0.163. The van der Waals surface area contributed by atoms with Gasteiger partial charge in [0, 0.05) is 13.2 Å². The first kappa shape index (κ1) is 16.7. The van der Waals surface area contributed by atoms with Crippen LogP contribution in [0.15, 0.2) is 24.3 Å². The second-order valence-electron chi connectivity index (χ2n) is 6.23. The molecule has 1 aliphatic heterocycles. The lowest BCUT2D eigenvalue weighted by atomic mass is 10.1. The number of aliphatic hydroxyl groups is 1. The predicted molar refractivity (Wildman–Crippen MR) is 85.5 cm³/mol. The number of carbonyl (C=O) groups is 2. The van der Waals surface area contributed by atoms with E-state index in [1.54, 1.807) is 29.2 Å².